The lowest BCUT2D eigenvalue weighted by molar-refractivity contribution is 0.143. The summed E-state index contributed by atoms with van der Waals surface area (Å²) in [7, 11) is -3.51. The SMILES string of the molecule is CCc1ccc(N2CC(CNS(=O)(=O)Cc3ccccc3C)OC2=O)cc1. The number of carbonyl (C=O) groups is 1. The van der Waals surface area contributed by atoms with Gasteiger partial charge in [0.05, 0.1) is 12.3 Å². The number of aryl methyl sites for hydroxylation is 2. The summed E-state index contributed by atoms with van der Waals surface area (Å²) in [6.07, 6.45) is -0.0481. The number of nitrogens with one attached hydrogen (secondary N) is 1. The van der Waals surface area contributed by atoms with E-state index in [2.05, 4.69) is 11.6 Å². The van der Waals surface area contributed by atoms with Crippen LogP contribution in [0.2, 0.25) is 0 Å². The predicted molar refractivity (Wildman–Crippen MR) is 105 cm³/mol. The summed E-state index contributed by atoms with van der Waals surface area (Å²) >= 11 is 0. The maximum Gasteiger partial charge on any atom is 0.414 e. The van der Waals surface area contributed by atoms with Crippen molar-refractivity contribution in [1.29, 1.82) is 0 Å². The average Bonchev–Trinajstić information content (AvgIpc) is 3.03. The molecule has 0 bridgehead atoms. The first-order valence-electron chi connectivity index (χ1n) is 8.97. The first kappa shape index (κ1) is 19.4. The smallest absolute Gasteiger partial charge is 0.414 e. The molecule has 144 valence electrons. The van der Waals surface area contributed by atoms with Crippen LogP contribution in [-0.4, -0.2) is 33.7 Å². The van der Waals surface area contributed by atoms with Crippen molar-refractivity contribution in [3.05, 3.63) is 65.2 Å². The number of nitrogens with zero attached hydrogens (tertiary/aromatic N) is 1. The fraction of sp³-hybridized carbons (Fsp3) is 0.350. The van der Waals surface area contributed by atoms with Gasteiger partial charge in [-0.3, -0.25) is 4.90 Å². The molecule has 7 heteroatoms. The van der Waals surface area contributed by atoms with E-state index in [1.807, 2.05) is 49.4 Å². The molecule has 2 aromatic rings. The van der Waals surface area contributed by atoms with Crippen LogP contribution in [0.1, 0.15) is 23.6 Å². The quantitative estimate of drug-likeness (QED) is 0.791. The van der Waals surface area contributed by atoms with E-state index in [0.29, 0.717) is 6.54 Å². The first-order valence-corrected chi connectivity index (χ1v) is 10.6. The van der Waals surface area contributed by atoms with Gasteiger partial charge in [-0.15, -0.1) is 0 Å². The fourth-order valence-corrected chi connectivity index (χ4v) is 4.27. The number of hydrogen-bond acceptors (Lipinski definition) is 4. The number of amides is 1. The standard InChI is InChI=1S/C20H24N2O4S/c1-3-16-8-10-18(11-9-16)22-13-19(26-20(22)23)12-21-27(24,25)14-17-7-5-4-6-15(17)2/h4-11,19,21H,3,12-14H2,1-2H3. The Bertz CT molecular complexity index is 910. The van der Waals surface area contributed by atoms with Gasteiger partial charge in [-0.05, 0) is 42.2 Å². The van der Waals surface area contributed by atoms with E-state index in [1.165, 1.54) is 10.5 Å². The summed E-state index contributed by atoms with van der Waals surface area (Å²) < 4.78 is 32.6. The highest BCUT2D eigenvalue weighted by Gasteiger charge is 2.33. The summed E-state index contributed by atoms with van der Waals surface area (Å²) in [4.78, 5) is 13.7. The maximum atomic E-state index is 12.3. The van der Waals surface area contributed by atoms with Crippen molar-refractivity contribution < 1.29 is 17.9 Å². The zero-order chi connectivity index (χ0) is 19.4. The van der Waals surface area contributed by atoms with E-state index in [4.69, 9.17) is 4.74 Å². The molecule has 0 spiro atoms. The Morgan fingerprint density at radius 2 is 1.85 bits per heavy atom. The van der Waals surface area contributed by atoms with Crippen molar-refractivity contribution in [3.63, 3.8) is 0 Å². The van der Waals surface area contributed by atoms with Gasteiger partial charge in [0.2, 0.25) is 10.0 Å². The molecule has 1 fully saturated rings. The molecule has 27 heavy (non-hydrogen) atoms. The fourth-order valence-electron chi connectivity index (χ4n) is 3.00. The molecular weight excluding hydrogens is 364 g/mol. The van der Waals surface area contributed by atoms with Gasteiger partial charge in [0.25, 0.3) is 0 Å². The highest BCUT2D eigenvalue weighted by atomic mass is 32.2. The van der Waals surface area contributed by atoms with E-state index in [0.717, 1.165) is 23.2 Å². The van der Waals surface area contributed by atoms with E-state index in [-0.39, 0.29) is 12.3 Å². The lowest BCUT2D eigenvalue weighted by atomic mass is 10.1. The molecule has 0 saturated carbocycles. The molecule has 1 unspecified atom stereocenters. The van der Waals surface area contributed by atoms with Crippen molar-refractivity contribution in [2.45, 2.75) is 32.1 Å². The highest BCUT2D eigenvalue weighted by Crippen LogP contribution is 2.22. The normalized spacial score (nSPS) is 17.2. The van der Waals surface area contributed by atoms with Gasteiger partial charge in [0.15, 0.2) is 0 Å². The lowest BCUT2D eigenvalue weighted by Gasteiger charge is -2.14. The first-order chi connectivity index (χ1) is 12.9. The number of sulfonamides is 1. The Labute approximate surface area is 160 Å². The minimum Gasteiger partial charge on any atom is -0.443 e. The molecule has 3 rings (SSSR count). The van der Waals surface area contributed by atoms with Crippen molar-refractivity contribution in [1.82, 2.24) is 4.72 Å². The summed E-state index contributed by atoms with van der Waals surface area (Å²) in [5, 5.41) is 0. The number of rotatable bonds is 7. The molecule has 1 aliphatic rings. The Balaban J connectivity index is 1.58. The molecule has 2 aromatic carbocycles. The second-order valence-corrected chi connectivity index (χ2v) is 8.48. The van der Waals surface area contributed by atoms with E-state index < -0.39 is 22.2 Å². The van der Waals surface area contributed by atoms with Gasteiger partial charge in [0.1, 0.15) is 6.10 Å². The number of hydrogen-bond donors (Lipinski definition) is 1. The predicted octanol–water partition coefficient (Wildman–Crippen LogP) is 3.00. The number of anilines is 1. The monoisotopic (exact) mass is 388 g/mol. The van der Waals surface area contributed by atoms with Crippen LogP contribution in [0, 0.1) is 6.92 Å². The van der Waals surface area contributed by atoms with Gasteiger partial charge in [-0.25, -0.2) is 17.9 Å². The molecule has 1 aliphatic heterocycles. The molecule has 1 saturated heterocycles. The largest absolute Gasteiger partial charge is 0.443 e. The van der Waals surface area contributed by atoms with Gasteiger partial charge < -0.3 is 4.74 Å². The number of carbonyl (C=O) groups excluding carboxylic acids is 1. The molecule has 0 aliphatic carbocycles. The topological polar surface area (TPSA) is 75.7 Å². The van der Waals surface area contributed by atoms with Crippen LogP contribution >= 0.6 is 0 Å². The maximum absolute atomic E-state index is 12.3. The van der Waals surface area contributed by atoms with Crippen LogP contribution in [0.25, 0.3) is 0 Å². The zero-order valence-corrected chi connectivity index (χ0v) is 16.3. The molecule has 0 aromatic heterocycles. The summed E-state index contributed by atoms with van der Waals surface area (Å²) in [5.74, 6) is -0.0947. The third-order valence-corrected chi connectivity index (χ3v) is 5.97. The number of benzene rings is 2. The molecule has 0 radical (unpaired) electrons. The second kappa shape index (κ2) is 8.10. The minimum atomic E-state index is -3.51. The molecule has 6 nitrogen and oxygen atoms in total. The summed E-state index contributed by atoms with van der Waals surface area (Å²) in [5.41, 5.74) is 3.62. The summed E-state index contributed by atoms with van der Waals surface area (Å²) in [6, 6.07) is 15.1. The van der Waals surface area contributed by atoms with Gasteiger partial charge in [-0.2, -0.15) is 0 Å². The van der Waals surface area contributed by atoms with Gasteiger partial charge >= 0.3 is 6.09 Å². The lowest BCUT2D eigenvalue weighted by Crippen LogP contribution is -2.35. The highest BCUT2D eigenvalue weighted by molar-refractivity contribution is 7.88. The summed E-state index contributed by atoms with van der Waals surface area (Å²) in [6.45, 7) is 4.32. The Kier molecular flexibility index (Phi) is 5.82. The Morgan fingerprint density at radius 3 is 2.52 bits per heavy atom. The second-order valence-electron chi connectivity index (χ2n) is 6.67. The Morgan fingerprint density at radius 1 is 1.15 bits per heavy atom. The van der Waals surface area contributed by atoms with Crippen LogP contribution in [0.4, 0.5) is 10.5 Å². The molecule has 1 heterocycles. The van der Waals surface area contributed by atoms with E-state index >= 15 is 0 Å². The zero-order valence-electron chi connectivity index (χ0n) is 15.5. The Hall–Kier alpha value is -2.38. The van der Waals surface area contributed by atoms with Crippen molar-refractivity contribution in [2.75, 3.05) is 18.0 Å². The van der Waals surface area contributed by atoms with Crippen LogP contribution in [0.5, 0.6) is 0 Å². The van der Waals surface area contributed by atoms with Crippen LogP contribution in [-0.2, 0) is 26.9 Å². The number of cyclic esters (lactones) is 1. The van der Waals surface area contributed by atoms with Crippen molar-refractivity contribution >= 4 is 21.8 Å². The third kappa shape index (κ3) is 4.87. The van der Waals surface area contributed by atoms with Gasteiger partial charge in [-0.1, -0.05) is 43.3 Å². The molecule has 1 N–H and O–H groups in total. The third-order valence-electron chi connectivity index (χ3n) is 4.67. The molecule has 1 atom stereocenters. The molecular formula is C20H24N2O4S. The average molecular weight is 388 g/mol. The van der Waals surface area contributed by atoms with Gasteiger partial charge in [0, 0.05) is 12.2 Å². The van der Waals surface area contributed by atoms with Crippen LogP contribution < -0.4 is 9.62 Å². The minimum absolute atomic E-state index is 0.0590. The van der Waals surface area contributed by atoms with Crippen molar-refractivity contribution in [3.8, 4) is 0 Å². The van der Waals surface area contributed by atoms with Crippen LogP contribution in [0.3, 0.4) is 0 Å². The molecule has 1 amide bonds. The van der Waals surface area contributed by atoms with E-state index in [9.17, 15) is 13.2 Å². The van der Waals surface area contributed by atoms with E-state index in [1.54, 1.807) is 6.07 Å². The van der Waals surface area contributed by atoms with Crippen molar-refractivity contribution in [2.24, 2.45) is 0 Å². The number of ether oxygens (including phenoxy) is 1. The van der Waals surface area contributed by atoms with Crippen LogP contribution in [0.15, 0.2) is 48.5 Å².